The van der Waals surface area contributed by atoms with Gasteiger partial charge in [0.05, 0.1) is 6.10 Å². The third kappa shape index (κ3) is 3.32. The number of hydrogen-bond donors (Lipinski definition) is 2. The Kier molecular flexibility index (Phi) is 4.37. The number of aliphatic hydroxyl groups is 1. The zero-order valence-corrected chi connectivity index (χ0v) is 9.73. The van der Waals surface area contributed by atoms with E-state index in [1.165, 1.54) is 25.7 Å². The van der Waals surface area contributed by atoms with Gasteiger partial charge in [0.15, 0.2) is 0 Å². The Morgan fingerprint density at radius 2 is 1.88 bits per heavy atom. The maximum Gasteiger partial charge on any atom is 0.0914 e. The van der Waals surface area contributed by atoms with Crippen molar-refractivity contribution in [3.63, 3.8) is 0 Å². The molecule has 1 aliphatic carbocycles. The van der Waals surface area contributed by atoms with E-state index in [1.807, 2.05) is 30.3 Å². The van der Waals surface area contributed by atoms with Crippen LogP contribution in [0.3, 0.4) is 0 Å². The van der Waals surface area contributed by atoms with Gasteiger partial charge in [0, 0.05) is 6.54 Å². The second kappa shape index (κ2) is 6.02. The fourth-order valence-corrected chi connectivity index (χ4v) is 2.43. The Balaban J connectivity index is 1.69. The topological polar surface area (TPSA) is 32.3 Å². The normalized spacial score (nSPS) is 18.8. The van der Waals surface area contributed by atoms with Crippen molar-refractivity contribution in [2.24, 2.45) is 5.92 Å². The standard InChI is InChI=1S/C14H21NO/c16-14(13-8-2-1-3-9-13)11-15-10-12-6-4-5-7-12/h1-3,8-9,12,14-16H,4-7,10-11H2/t14-/m0/s1. The van der Waals surface area contributed by atoms with Crippen LogP contribution in [0.25, 0.3) is 0 Å². The van der Waals surface area contributed by atoms with E-state index < -0.39 is 0 Å². The Bertz CT molecular complexity index is 293. The summed E-state index contributed by atoms with van der Waals surface area (Å²) in [6, 6.07) is 9.86. The highest BCUT2D eigenvalue weighted by molar-refractivity contribution is 5.17. The van der Waals surface area contributed by atoms with Crippen molar-refractivity contribution in [1.29, 1.82) is 0 Å². The molecule has 0 aliphatic heterocycles. The highest BCUT2D eigenvalue weighted by Crippen LogP contribution is 2.23. The van der Waals surface area contributed by atoms with E-state index in [9.17, 15) is 5.11 Å². The van der Waals surface area contributed by atoms with E-state index >= 15 is 0 Å². The minimum Gasteiger partial charge on any atom is -0.387 e. The molecule has 1 aromatic carbocycles. The molecule has 1 aromatic rings. The van der Waals surface area contributed by atoms with E-state index in [-0.39, 0.29) is 6.10 Å². The van der Waals surface area contributed by atoms with Crippen LogP contribution in [0.4, 0.5) is 0 Å². The largest absolute Gasteiger partial charge is 0.387 e. The highest BCUT2D eigenvalue weighted by Gasteiger charge is 2.15. The zero-order chi connectivity index (χ0) is 11.2. The van der Waals surface area contributed by atoms with Crippen LogP contribution in [-0.2, 0) is 0 Å². The van der Waals surface area contributed by atoms with Crippen LogP contribution in [0.5, 0.6) is 0 Å². The lowest BCUT2D eigenvalue weighted by molar-refractivity contribution is 0.173. The maximum atomic E-state index is 9.93. The Hall–Kier alpha value is -0.860. The van der Waals surface area contributed by atoms with Crippen molar-refractivity contribution in [3.8, 4) is 0 Å². The van der Waals surface area contributed by atoms with Crippen molar-refractivity contribution < 1.29 is 5.11 Å². The molecule has 2 nitrogen and oxygen atoms in total. The molecule has 0 spiro atoms. The molecule has 1 aliphatic rings. The number of aliphatic hydroxyl groups excluding tert-OH is 1. The molecular formula is C14H21NO. The van der Waals surface area contributed by atoms with Gasteiger partial charge in [-0.2, -0.15) is 0 Å². The van der Waals surface area contributed by atoms with Gasteiger partial charge < -0.3 is 10.4 Å². The van der Waals surface area contributed by atoms with Crippen LogP contribution in [0.1, 0.15) is 37.4 Å². The summed E-state index contributed by atoms with van der Waals surface area (Å²) in [6.45, 7) is 1.73. The summed E-state index contributed by atoms with van der Waals surface area (Å²) in [6.07, 6.45) is 5.10. The Morgan fingerprint density at radius 1 is 1.19 bits per heavy atom. The average Bonchev–Trinajstić information content (AvgIpc) is 2.83. The number of rotatable bonds is 5. The van der Waals surface area contributed by atoms with Crippen LogP contribution in [-0.4, -0.2) is 18.2 Å². The van der Waals surface area contributed by atoms with E-state index in [0.29, 0.717) is 6.54 Å². The van der Waals surface area contributed by atoms with Gasteiger partial charge in [0.25, 0.3) is 0 Å². The first-order valence-electron chi connectivity index (χ1n) is 6.30. The number of benzene rings is 1. The Labute approximate surface area is 97.7 Å². The van der Waals surface area contributed by atoms with E-state index in [2.05, 4.69) is 5.32 Å². The van der Waals surface area contributed by atoms with Crippen molar-refractivity contribution >= 4 is 0 Å². The molecule has 0 amide bonds. The summed E-state index contributed by atoms with van der Waals surface area (Å²) in [5, 5.41) is 13.3. The predicted molar refractivity (Wildman–Crippen MR) is 66.2 cm³/mol. The van der Waals surface area contributed by atoms with Gasteiger partial charge >= 0.3 is 0 Å². The van der Waals surface area contributed by atoms with Crippen LogP contribution in [0.15, 0.2) is 30.3 Å². The first-order valence-corrected chi connectivity index (χ1v) is 6.30. The summed E-state index contributed by atoms with van der Waals surface area (Å²) in [7, 11) is 0. The third-order valence-corrected chi connectivity index (χ3v) is 3.43. The quantitative estimate of drug-likeness (QED) is 0.797. The lowest BCUT2D eigenvalue weighted by Gasteiger charge is -2.14. The monoisotopic (exact) mass is 219 g/mol. The summed E-state index contributed by atoms with van der Waals surface area (Å²) in [5.41, 5.74) is 1.00. The van der Waals surface area contributed by atoms with Gasteiger partial charge in [-0.25, -0.2) is 0 Å². The summed E-state index contributed by atoms with van der Waals surface area (Å²) in [4.78, 5) is 0. The van der Waals surface area contributed by atoms with E-state index in [1.54, 1.807) is 0 Å². The Morgan fingerprint density at radius 3 is 2.56 bits per heavy atom. The molecule has 0 aromatic heterocycles. The molecular weight excluding hydrogens is 198 g/mol. The summed E-state index contributed by atoms with van der Waals surface area (Å²) in [5.74, 6) is 0.836. The first kappa shape index (κ1) is 11.6. The molecule has 0 heterocycles. The zero-order valence-electron chi connectivity index (χ0n) is 9.73. The van der Waals surface area contributed by atoms with Gasteiger partial charge in [-0.3, -0.25) is 0 Å². The molecule has 2 rings (SSSR count). The predicted octanol–water partition coefficient (Wildman–Crippen LogP) is 2.50. The average molecular weight is 219 g/mol. The molecule has 2 N–H and O–H groups in total. The SMILES string of the molecule is O[C@@H](CNCC1CCCC1)c1ccccc1. The maximum absolute atomic E-state index is 9.93. The smallest absolute Gasteiger partial charge is 0.0914 e. The lowest BCUT2D eigenvalue weighted by atomic mass is 10.1. The van der Waals surface area contributed by atoms with Gasteiger partial charge in [0.1, 0.15) is 0 Å². The summed E-state index contributed by atoms with van der Waals surface area (Å²) < 4.78 is 0. The molecule has 0 saturated heterocycles. The van der Waals surface area contributed by atoms with Crippen LogP contribution < -0.4 is 5.32 Å². The van der Waals surface area contributed by atoms with Crippen molar-refractivity contribution in [2.45, 2.75) is 31.8 Å². The molecule has 0 bridgehead atoms. The lowest BCUT2D eigenvalue weighted by Crippen LogP contribution is -2.26. The van der Waals surface area contributed by atoms with Gasteiger partial charge in [-0.15, -0.1) is 0 Å². The van der Waals surface area contributed by atoms with Crippen molar-refractivity contribution in [3.05, 3.63) is 35.9 Å². The highest BCUT2D eigenvalue weighted by atomic mass is 16.3. The molecule has 16 heavy (non-hydrogen) atoms. The molecule has 0 radical (unpaired) electrons. The third-order valence-electron chi connectivity index (χ3n) is 3.43. The minimum absolute atomic E-state index is 0.373. The second-order valence-corrected chi connectivity index (χ2v) is 4.74. The van der Waals surface area contributed by atoms with Crippen molar-refractivity contribution in [1.82, 2.24) is 5.32 Å². The van der Waals surface area contributed by atoms with Gasteiger partial charge in [-0.1, -0.05) is 43.2 Å². The van der Waals surface area contributed by atoms with E-state index in [0.717, 1.165) is 18.0 Å². The van der Waals surface area contributed by atoms with Crippen LogP contribution in [0.2, 0.25) is 0 Å². The fourth-order valence-electron chi connectivity index (χ4n) is 2.43. The van der Waals surface area contributed by atoms with Gasteiger partial charge in [-0.05, 0) is 30.9 Å². The van der Waals surface area contributed by atoms with Gasteiger partial charge in [0.2, 0.25) is 0 Å². The molecule has 0 unspecified atom stereocenters. The molecule has 1 fully saturated rings. The molecule has 1 atom stereocenters. The molecule has 1 saturated carbocycles. The second-order valence-electron chi connectivity index (χ2n) is 4.74. The fraction of sp³-hybridized carbons (Fsp3) is 0.571. The minimum atomic E-state index is -0.373. The van der Waals surface area contributed by atoms with Crippen LogP contribution >= 0.6 is 0 Å². The molecule has 2 heteroatoms. The van der Waals surface area contributed by atoms with Crippen LogP contribution in [0, 0.1) is 5.92 Å². The summed E-state index contributed by atoms with van der Waals surface area (Å²) >= 11 is 0. The number of nitrogens with one attached hydrogen (secondary N) is 1. The molecule has 88 valence electrons. The van der Waals surface area contributed by atoms with E-state index in [4.69, 9.17) is 0 Å². The first-order chi connectivity index (χ1) is 7.86. The van der Waals surface area contributed by atoms with Crippen molar-refractivity contribution in [2.75, 3.05) is 13.1 Å². The number of hydrogen-bond acceptors (Lipinski definition) is 2.